The number of amides is 2. The van der Waals surface area contributed by atoms with Crippen LogP contribution in [0.1, 0.15) is 39.0 Å². The highest BCUT2D eigenvalue weighted by Crippen LogP contribution is 2.35. The summed E-state index contributed by atoms with van der Waals surface area (Å²) in [5.74, 6) is -0.354. The van der Waals surface area contributed by atoms with Gasteiger partial charge < -0.3 is 15.3 Å². The molecular weight excluding hydrogens is 220 g/mol. The minimum absolute atomic E-state index is 0.214. The third kappa shape index (κ3) is 2.53. The molecular formula is C12H20N2O3. The smallest absolute Gasteiger partial charge is 0.325 e. The molecule has 2 rings (SSSR count). The van der Waals surface area contributed by atoms with E-state index < -0.39 is 12.0 Å². The first kappa shape index (κ1) is 12.2. The fourth-order valence-corrected chi connectivity index (χ4v) is 2.99. The van der Waals surface area contributed by atoms with Crippen molar-refractivity contribution in [3.8, 4) is 0 Å². The van der Waals surface area contributed by atoms with Crippen LogP contribution in [0.15, 0.2) is 0 Å². The molecule has 3 atom stereocenters. The van der Waals surface area contributed by atoms with Gasteiger partial charge >= 0.3 is 12.0 Å². The third-order valence-corrected chi connectivity index (χ3v) is 3.98. The Morgan fingerprint density at radius 2 is 2.00 bits per heavy atom. The van der Waals surface area contributed by atoms with Gasteiger partial charge in [-0.25, -0.2) is 4.79 Å². The molecule has 2 unspecified atom stereocenters. The normalized spacial score (nSPS) is 29.6. The summed E-state index contributed by atoms with van der Waals surface area (Å²) in [6.45, 7) is 2.27. The minimum atomic E-state index is -0.988. The zero-order valence-electron chi connectivity index (χ0n) is 10.2. The number of carboxylic acids is 1. The number of carbonyl (C=O) groups excluding carboxylic acids is 1. The van der Waals surface area contributed by atoms with Crippen LogP contribution in [0.25, 0.3) is 0 Å². The number of nitrogens with zero attached hydrogens (tertiary/aromatic N) is 1. The van der Waals surface area contributed by atoms with Gasteiger partial charge in [0.1, 0.15) is 6.04 Å². The van der Waals surface area contributed by atoms with Crippen molar-refractivity contribution in [2.45, 2.75) is 51.1 Å². The average molecular weight is 240 g/mol. The van der Waals surface area contributed by atoms with E-state index in [-0.39, 0.29) is 6.03 Å². The van der Waals surface area contributed by atoms with Crippen molar-refractivity contribution < 1.29 is 14.7 Å². The molecule has 1 heterocycles. The lowest BCUT2D eigenvalue weighted by Gasteiger charge is -2.32. The Labute approximate surface area is 101 Å². The van der Waals surface area contributed by atoms with Crippen molar-refractivity contribution in [1.82, 2.24) is 10.2 Å². The molecule has 0 spiro atoms. The predicted molar refractivity (Wildman–Crippen MR) is 62.7 cm³/mol. The number of carboxylic acid groups (broad SMARTS) is 1. The molecule has 0 bridgehead atoms. The summed E-state index contributed by atoms with van der Waals surface area (Å²) < 4.78 is 0. The molecule has 5 nitrogen and oxygen atoms in total. The van der Waals surface area contributed by atoms with Crippen LogP contribution in [0.5, 0.6) is 0 Å². The quantitative estimate of drug-likeness (QED) is 0.767. The third-order valence-electron chi connectivity index (χ3n) is 3.98. The van der Waals surface area contributed by atoms with Crippen molar-refractivity contribution in [2.75, 3.05) is 6.54 Å². The summed E-state index contributed by atoms with van der Waals surface area (Å²) in [7, 11) is 0. The van der Waals surface area contributed by atoms with E-state index >= 15 is 0 Å². The Morgan fingerprint density at radius 1 is 1.29 bits per heavy atom. The maximum Gasteiger partial charge on any atom is 0.325 e. The molecule has 0 aromatic heterocycles. The fraction of sp³-hybridized carbons (Fsp3) is 0.833. The van der Waals surface area contributed by atoms with Gasteiger partial charge in [-0.1, -0.05) is 12.8 Å². The molecule has 1 aliphatic heterocycles. The minimum Gasteiger partial charge on any atom is -0.480 e. The van der Waals surface area contributed by atoms with Crippen LogP contribution in [0.2, 0.25) is 0 Å². The van der Waals surface area contributed by atoms with E-state index in [4.69, 9.17) is 5.11 Å². The van der Waals surface area contributed by atoms with E-state index in [1.165, 1.54) is 26.2 Å². The van der Waals surface area contributed by atoms with Gasteiger partial charge in [0.2, 0.25) is 0 Å². The standard InChI is InChI=1S/C12H20N2O3/c1-8(11(15)16)13-12(17)14-7-6-9-4-2-3-5-10(9)14/h8-10H,2-7H2,1H3,(H,13,17)(H,15,16)/t8-,9?,10?/m0/s1. The van der Waals surface area contributed by atoms with Crippen LogP contribution in [0.4, 0.5) is 4.79 Å². The molecule has 96 valence electrons. The molecule has 5 heteroatoms. The van der Waals surface area contributed by atoms with Crippen molar-refractivity contribution in [2.24, 2.45) is 5.92 Å². The zero-order valence-corrected chi connectivity index (χ0v) is 10.2. The Bertz CT molecular complexity index is 319. The highest BCUT2D eigenvalue weighted by Gasteiger charge is 2.38. The number of nitrogens with one attached hydrogen (secondary N) is 1. The van der Waals surface area contributed by atoms with Crippen molar-refractivity contribution >= 4 is 12.0 Å². The summed E-state index contributed by atoms with van der Waals surface area (Å²) in [6.07, 6.45) is 5.80. The number of carbonyl (C=O) groups is 2. The first-order valence-corrected chi connectivity index (χ1v) is 6.39. The van der Waals surface area contributed by atoms with E-state index in [0.29, 0.717) is 12.0 Å². The Morgan fingerprint density at radius 3 is 2.71 bits per heavy atom. The van der Waals surface area contributed by atoms with Gasteiger partial charge in [-0.05, 0) is 32.1 Å². The summed E-state index contributed by atoms with van der Waals surface area (Å²) in [5, 5.41) is 11.3. The van der Waals surface area contributed by atoms with E-state index in [1.807, 2.05) is 4.90 Å². The van der Waals surface area contributed by atoms with Gasteiger partial charge in [0.25, 0.3) is 0 Å². The fourth-order valence-electron chi connectivity index (χ4n) is 2.99. The number of hydrogen-bond acceptors (Lipinski definition) is 2. The van der Waals surface area contributed by atoms with Gasteiger partial charge in [-0.15, -0.1) is 0 Å². The first-order chi connectivity index (χ1) is 8.09. The lowest BCUT2D eigenvalue weighted by atomic mass is 9.85. The molecule has 2 N–H and O–H groups in total. The molecule has 2 aliphatic rings. The summed E-state index contributed by atoms with van der Waals surface area (Å²) in [5.41, 5.74) is 0. The average Bonchev–Trinajstić information content (AvgIpc) is 2.72. The number of urea groups is 1. The molecule has 0 radical (unpaired) electrons. The zero-order chi connectivity index (χ0) is 12.4. The lowest BCUT2D eigenvalue weighted by Crippen LogP contribution is -2.49. The number of rotatable bonds is 2. The highest BCUT2D eigenvalue weighted by molar-refractivity contribution is 5.82. The van der Waals surface area contributed by atoms with Gasteiger partial charge in [0.05, 0.1) is 0 Å². The largest absolute Gasteiger partial charge is 0.480 e. The summed E-state index contributed by atoms with van der Waals surface area (Å²) in [4.78, 5) is 24.5. The van der Waals surface area contributed by atoms with Gasteiger partial charge in [-0.2, -0.15) is 0 Å². The maximum absolute atomic E-state index is 12.0. The van der Waals surface area contributed by atoms with Crippen LogP contribution >= 0.6 is 0 Å². The molecule has 2 fully saturated rings. The topological polar surface area (TPSA) is 69.6 Å². The van der Waals surface area contributed by atoms with Crippen molar-refractivity contribution in [3.63, 3.8) is 0 Å². The second-order valence-corrected chi connectivity index (χ2v) is 5.10. The van der Waals surface area contributed by atoms with E-state index in [9.17, 15) is 9.59 Å². The molecule has 1 saturated carbocycles. The maximum atomic E-state index is 12.0. The molecule has 1 aliphatic carbocycles. The number of hydrogen-bond donors (Lipinski definition) is 2. The predicted octanol–water partition coefficient (Wildman–Crippen LogP) is 1.43. The van der Waals surface area contributed by atoms with Crippen LogP contribution in [0.3, 0.4) is 0 Å². The van der Waals surface area contributed by atoms with Gasteiger partial charge in [0, 0.05) is 12.6 Å². The summed E-state index contributed by atoms with van der Waals surface area (Å²) in [6, 6.07) is -0.691. The van der Waals surface area contributed by atoms with E-state index in [0.717, 1.165) is 19.4 Å². The molecule has 0 aromatic carbocycles. The monoisotopic (exact) mass is 240 g/mol. The van der Waals surface area contributed by atoms with Crippen LogP contribution in [-0.4, -0.2) is 40.6 Å². The van der Waals surface area contributed by atoms with E-state index in [1.54, 1.807) is 0 Å². The molecule has 2 amide bonds. The lowest BCUT2D eigenvalue weighted by molar-refractivity contribution is -0.138. The van der Waals surface area contributed by atoms with Crippen molar-refractivity contribution in [3.05, 3.63) is 0 Å². The SMILES string of the molecule is C[C@H](NC(=O)N1CCC2CCCCC21)C(=O)O. The molecule has 0 aromatic rings. The van der Waals surface area contributed by atoms with Crippen LogP contribution in [-0.2, 0) is 4.79 Å². The van der Waals surface area contributed by atoms with E-state index in [2.05, 4.69) is 5.32 Å². The van der Waals surface area contributed by atoms with Crippen LogP contribution in [0, 0.1) is 5.92 Å². The second-order valence-electron chi connectivity index (χ2n) is 5.10. The second kappa shape index (κ2) is 4.94. The Balaban J connectivity index is 1.93. The Hall–Kier alpha value is -1.26. The number of likely N-dealkylation sites (tertiary alicyclic amines) is 1. The molecule has 17 heavy (non-hydrogen) atoms. The van der Waals surface area contributed by atoms with Crippen LogP contribution < -0.4 is 5.32 Å². The van der Waals surface area contributed by atoms with Gasteiger partial charge in [-0.3, -0.25) is 4.79 Å². The number of aliphatic carboxylic acids is 1. The molecule has 1 saturated heterocycles. The number of fused-ring (bicyclic) bond motifs is 1. The van der Waals surface area contributed by atoms with Gasteiger partial charge in [0.15, 0.2) is 0 Å². The van der Waals surface area contributed by atoms with Crippen molar-refractivity contribution in [1.29, 1.82) is 0 Å². The first-order valence-electron chi connectivity index (χ1n) is 6.39. The summed E-state index contributed by atoms with van der Waals surface area (Å²) >= 11 is 0. The highest BCUT2D eigenvalue weighted by atomic mass is 16.4. The Kier molecular flexibility index (Phi) is 3.54.